The third-order valence-electron chi connectivity index (χ3n) is 5.09. The highest BCUT2D eigenvalue weighted by Crippen LogP contribution is 2.39. The Kier molecular flexibility index (Phi) is 5.18. The fourth-order valence-corrected chi connectivity index (χ4v) is 3.57. The Morgan fingerprint density at radius 3 is 2.52 bits per heavy atom. The van der Waals surface area contributed by atoms with Gasteiger partial charge in [-0.15, -0.1) is 10.2 Å². The van der Waals surface area contributed by atoms with E-state index in [1.807, 2.05) is 37.3 Å². The molecule has 1 atom stereocenters. The first-order chi connectivity index (χ1) is 12.1. The molecule has 0 amide bonds. The molecule has 3 rings (SSSR count). The van der Waals surface area contributed by atoms with Crippen LogP contribution >= 0.6 is 0 Å². The molecular formula is C19H25N3O3. The standard InChI is InChI=1S/C19H25N3O3/c1-4-24-18(23)19(16-8-6-5-7-9-16)10-12-22(13-11-19)14(2)17-21-20-15(3)25-17/h5-9,14H,4,10-13H2,1-3H3/t14-/m1/s1. The van der Waals surface area contributed by atoms with Crippen LogP contribution in [0.1, 0.15) is 50.1 Å². The molecule has 6 nitrogen and oxygen atoms in total. The number of nitrogens with zero attached hydrogens (tertiary/aromatic N) is 3. The SMILES string of the molecule is CCOC(=O)C1(c2ccccc2)CCN([C@H](C)c2nnc(C)o2)CC1. The molecule has 0 N–H and O–H groups in total. The van der Waals surface area contributed by atoms with Gasteiger partial charge in [-0.3, -0.25) is 9.69 Å². The first-order valence-corrected chi connectivity index (χ1v) is 8.83. The maximum absolute atomic E-state index is 12.8. The Labute approximate surface area is 148 Å². The molecule has 134 valence electrons. The number of hydrogen-bond donors (Lipinski definition) is 0. The number of carbonyl (C=O) groups is 1. The van der Waals surface area contributed by atoms with Crippen molar-refractivity contribution in [2.75, 3.05) is 19.7 Å². The summed E-state index contributed by atoms with van der Waals surface area (Å²) in [5.74, 6) is 1.08. The Morgan fingerprint density at radius 2 is 1.96 bits per heavy atom. The second-order valence-corrected chi connectivity index (χ2v) is 6.54. The van der Waals surface area contributed by atoms with Crippen molar-refractivity contribution in [3.05, 3.63) is 47.7 Å². The van der Waals surface area contributed by atoms with Gasteiger partial charge in [-0.05, 0) is 32.3 Å². The van der Waals surface area contributed by atoms with Crippen molar-refractivity contribution >= 4 is 5.97 Å². The average Bonchev–Trinajstić information content (AvgIpc) is 3.08. The molecule has 1 saturated heterocycles. The summed E-state index contributed by atoms with van der Waals surface area (Å²) >= 11 is 0. The van der Waals surface area contributed by atoms with Gasteiger partial charge in [-0.25, -0.2) is 0 Å². The fourth-order valence-electron chi connectivity index (χ4n) is 3.57. The smallest absolute Gasteiger partial charge is 0.316 e. The number of benzene rings is 1. The van der Waals surface area contributed by atoms with Gasteiger partial charge in [0.1, 0.15) is 0 Å². The summed E-state index contributed by atoms with van der Waals surface area (Å²) in [7, 11) is 0. The topological polar surface area (TPSA) is 68.5 Å². The molecule has 1 aromatic carbocycles. The molecule has 6 heteroatoms. The van der Waals surface area contributed by atoms with Crippen molar-refractivity contribution < 1.29 is 13.9 Å². The lowest BCUT2D eigenvalue weighted by molar-refractivity contribution is -0.152. The lowest BCUT2D eigenvalue weighted by Gasteiger charge is -2.41. The second kappa shape index (κ2) is 7.35. The van der Waals surface area contributed by atoms with Gasteiger partial charge in [0.05, 0.1) is 18.1 Å². The van der Waals surface area contributed by atoms with E-state index in [9.17, 15) is 4.79 Å². The van der Waals surface area contributed by atoms with Crippen LogP contribution in [0.15, 0.2) is 34.7 Å². The first-order valence-electron chi connectivity index (χ1n) is 8.83. The normalized spacial score (nSPS) is 18.7. The van der Waals surface area contributed by atoms with Crippen LogP contribution in [0.5, 0.6) is 0 Å². The molecular weight excluding hydrogens is 318 g/mol. The van der Waals surface area contributed by atoms with Gasteiger partial charge in [-0.2, -0.15) is 0 Å². The van der Waals surface area contributed by atoms with Crippen LogP contribution in [0.25, 0.3) is 0 Å². The predicted octanol–water partition coefficient (Wildman–Crippen LogP) is 3.04. The van der Waals surface area contributed by atoms with Crippen LogP contribution in [0.4, 0.5) is 0 Å². The van der Waals surface area contributed by atoms with E-state index in [0.717, 1.165) is 18.7 Å². The minimum Gasteiger partial charge on any atom is -0.465 e. The first kappa shape index (κ1) is 17.6. The number of esters is 1. The van der Waals surface area contributed by atoms with Crippen LogP contribution < -0.4 is 0 Å². The average molecular weight is 343 g/mol. The number of aryl methyl sites for hydroxylation is 1. The van der Waals surface area contributed by atoms with Crippen molar-refractivity contribution in [2.24, 2.45) is 0 Å². The number of ether oxygens (including phenoxy) is 1. The molecule has 0 radical (unpaired) electrons. The number of carbonyl (C=O) groups excluding carboxylic acids is 1. The van der Waals surface area contributed by atoms with Gasteiger partial charge in [0.2, 0.25) is 11.8 Å². The molecule has 0 spiro atoms. The maximum Gasteiger partial charge on any atom is 0.316 e. The van der Waals surface area contributed by atoms with E-state index in [4.69, 9.17) is 9.15 Å². The molecule has 0 bridgehead atoms. The van der Waals surface area contributed by atoms with Crippen LogP contribution in [-0.2, 0) is 14.9 Å². The van der Waals surface area contributed by atoms with Gasteiger partial charge in [0.15, 0.2) is 0 Å². The third kappa shape index (κ3) is 3.44. The van der Waals surface area contributed by atoms with Crippen molar-refractivity contribution in [1.82, 2.24) is 15.1 Å². The highest BCUT2D eigenvalue weighted by molar-refractivity contribution is 5.83. The molecule has 1 aliphatic rings. The molecule has 2 aromatic rings. The Balaban J connectivity index is 1.79. The van der Waals surface area contributed by atoms with Crippen LogP contribution in [-0.4, -0.2) is 40.8 Å². The van der Waals surface area contributed by atoms with Gasteiger partial charge < -0.3 is 9.15 Å². The van der Waals surface area contributed by atoms with E-state index in [0.29, 0.717) is 31.2 Å². The second-order valence-electron chi connectivity index (χ2n) is 6.54. The number of aromatic nitrogens is 2. The van der Waals surface area contributed by atoms with Crippen LogP contribution in [0.3, 0.4) is 0 Å². The maximum atomic E-state index is 12.8. The van der Waals surface area contributed by atoms with E-state index < -0.39 is 5.41 Å². The van der Waals surface area contributed by atoms with E-state index in [2.05, 4.69) is 22.0 Å². The Morgan fingerprint density at radius 1 is 1.28 bits per heavy atom. The summed E-state index contributed by atoms with van der Waals surface area (Å²) < 4.78 is 11.0. The van der Waals surface area contributed by atoms with Crippen molar-refractivity contribution in [3.63, 3.8) is 0 Å². The fraction of sp³-hybridized carbons (Fsp3) is 0.526. The summed E-state index contributed by atoms with van der Waals surface area (Å²) in [6, 6.07) is 10.0. The lowest BCUT2D eigenvalue weighted by atomic mass is 9.72. The minimum atomic E-state index is -0.571. The molecule has 0 aliphatic carbocycles. The number of likely N-dealkylation sites (tertiary alicyclic amines) is 1. The third-order valence-corrected chi connectivity index (χ3v) is 5.09. The van der Waals surface area contributed by atoms with Crippen molar-refractivity contribution in [1.29, 1.82) is 0 Å². The van der Waals surface area contributed by atoms with Gasteiger partial charge in [-0.1, -0.05) is 30.3 Å². The number of rotatable bonds is 5. The molecule has 1 aliphatic heterocycles. The quantitative estimate of drug-likeness (QED) is 0.777. The lowest BCUT2D eigenvalue weighted by Crippen LogP contribution is -2.48. The molecule has 1 aromatic heterocycles. The molecule has 0 saturated carbocycles. The molecule has 2 heterocycles. The van der Waals surface area contributed by atoms with E-state index >= 15 is 0 Å². The summed E-state index contributed by atoms with van der Waals surface area (Å²) in [6.07, 6.45) is 1.43. The monoisotopic (exact) mass is 343 g/mol. The van der Waals surface area contributed by atoms with Gasteiger partial charge in [0.25, 0.3) is 0 Å². The Hall–Kier alpha value is -2.21. The largest absolute Gasteiger partial charge is 0.465 e. The van der Waals surface area contributed by atoms with E-state index in [1.54, 1.807) is 6.92 Å². The molecule has 1 fully saturated rings. The summed E-state index contributed by atoms with van der Waals surface area (Å²) in [4.78, 5) is 15.1. The Bertz CT molecular complexity index is 706. The zero-order valence-corrected chi connectivity index (χ0v) is 15.1. The minimum absolute atomic E-state index is 0.0390. The zero-order chi connectivity index (χ0) is 17.9. The predicted molar refractivity (Wildman–Crippen MR) is 93.0 cm³/mol. The van der Waals surface area contributed by atoms with E-state index in [-0.39, 0.29) is 12.0 Å². The summed E-state index contributed by atoms with van der Waals surface area (Å²) in [5.41, 5.74) is 0.465. The zero-order valence-electron chi connectivity index (χ0n) is 15.1. The number of hydrogen-bond acceptors (Lipinski definition) is 6. The van der Waals surface area contributed by atoms with Gasteiger partial charge in [0, 0.05) is 20.0 Å². The van der Waals surface area contributed by atoms with Crippen LogP contribution in [0.2, 0.25) is 0 Å². The highest BCUT2D eigenvalue weighted by Gasteiger charge is 2.45. The van der Waals surface area contributed by atoms with Crippen molar-refractivity contribution in [2.45, 2.75) is 45.1 Å². The number of piperidine rings is 1. The van der Waals surface area contributed by atoms with E-state index in [1.165, 1.54) is 0 Å². The summed E-state index contributed by atoms with van der Waals surface area (Å²) in [6.45, 7) is 7.65. The summed E-state index contributed by atoms with van der Waals surface area (Å²) in [5, 5.41) is 8.04. The van der Waals surface area contributed by atoms with Crippen LogP contribution in [0, 0.1) is 6.92 Å². The highest BCUT2D eigenvalue weighted by atomic mass is 16.5. The van der Waals surface area contributed by atoms with Gasteiger partial charge >= 0.3 is 5.97 Å². The molecule has 25 heavy (non-hydrogen) atoms. The van der Waals surface area contributed by atoms with Crippen molar-refractivity contribution in [3.8, 4) is 0 Å². The molecule has 0 unspecified atom stereocenters.